The van der Waals surface area contributed by atoms with Crippen LogP contribution in [0.5, 0.6) is 5.75 Å². The number of ether oxygens (including phenoxy) is 2. The maximum atomic E-state index is 12.8. The minimum atomic E-state index is -3.95. The predicted molar refractivity (Wildman–Crippen MR) is 109 cm³/mol. The molecule has 0 aliphatic heterocycles. The third kappa shape index (κ3) is 5.47. The van der Waals surface area contributed by atoms with Crippen molar-refractivity contribution in [3.05, 3.63) is 53.6 Å². The van der Waals surface area contributed by atoms with Crippen LogP contribution in [0.4, 0.5) is 5.69 Å². The maximum Gasteiger partial charge on any atom is 0.338 e. The van der Waals surface area contributed by atoms with E-state index in [2.05, 4.69) is 4.72 Å². The second-order valence-corrected chi connectivity index (χ2v) is 8.25. The van der Waals surface area contributed by atoms with Gasteiger partial charge in [0.2, 0.25) is 0 Å². The standard InChI is InChI=1S/C20H24N2O6S/c1-13-6-7-15(20(24)28-14(2)19(23)22(3)4)12-18(13)29(25,26)21-16-8-10-17(27-5)11-9-16/h6-12,14,21H,1-5H3/t14-/m0/s1. The van der Waals surface area contributed by atoms with Crippen LogP contribution in [0.25, 0.3) is 0 Å². The molecule has 0 saturated heterocycles. The molecule has 0 aliphatic rings. The van der Waals surface area contributed by atoms with Gasteiger partial charge in [0, 0.05) is 19.8 Å². The Morgan fingerprint density at radius 1 is 1.07 bits per heavy atom. The van der Waals surface area contributed by atoms with Gasteiger partial charge in [0.05, 0.1) is 17.6 Å². The van der Waals surface area contributed by atoms with Gasteiger partial charge >= 0.3 is 5.97 Å². The average Bonchev–Trinajstić information content (AvgIpc) is 2.67. The highest BCUT2D eigenvalue weighted by atomic mass is 32.2. The third-order valence-corrected chi connectivity index (χ3v) is 5.65. The molecule has 0 spiro atoms. The summed E-state index contributed by atoms with van der Waals surface area (Å²) in [5, 5.41) is 0. The van der Waals surface area contributed by atoms with Crippen LogP contribution in [0.15, 0.2) is 47.4 Å². The molecule has 8 nitrogen and oxygen atoms in total. The summed E-state index contributed by atoms with van der Waals surface area (Å²) in [7, 11) is 0.662. The van der Waals surface area contributed by atoms with Crippen molar-refractivity contribution in [2.75, 3.05) is 25.9 Å². The predicted octanol–water partition coefficient (Wildman–Crippen LogP) is 2.44. The molecule has 0 unspecified atom stereocenters. The van der Waals surface area contributed by atoms with Crippen molar-refractivity contribution in [1.82, 2.24) is 4.90 Å². The molecule has 0 aromatic heterocycles. The number of amides is 1. The van der Waals surface area contributed by atoms with Gasteiger partial charge in [-0.25, -0.2) is 13.2 Å². The summed E-state index contributed by atoms with van der Waals surface area (Å²) in [6.45, 7) is 3.08. The van der Waals surface area contributed by atoms with Crippen LogP contribution < -0.4 is 9.46 Å². The van der Waals surface area contributed by atoms with Crippen LogP contribution >= 0.6 is 0 Å². The lowest BCUT2D eigenvalue weighted by atomic mass is 10.1. The highest BCUT2D eigenvalue weighted by Crippen LogP contribution is 2.23. The molecular weight excluding hydrogens is 396 g/mol. The molecule has 9 heteroatoms. The van der Waals surface area contributed by atoms with Gasteiger partial charge in [-0.2, -0.15) is 0 Å². The zero-order valence-electron chi connectivity index (χ0n) is 16.9. The van der Waals surface area contributed by atoms with Gasteiger partial charge in [-0.3, -0.25) is 9.52 Å². The fourth-order valence-corrected chi connectivity index (χ4v) is 3.86. The van der Waals surface area contributed by atoms with E-state index in [1.54, 1.807) is 45.3 Å². The number of rotatable bonds is 7. The van der Waals surface area contributed by atoms with Crippen LogP contribution in [0, 0.1) is 6.92 Å². The van der Waals surface area contributed by atoms with Crippen molar-refractivity contribution in [2.24, 2.45) is 0 Å². The zero-order valence-corrected chi connectivity index (χ0v) is 17.7. The van der Waals surface area contributed by atoms with Gasteiger partial charge in [0.15, 0.2) is 6.10 Å². The first-order valence-electron chi connectivity index (χ1n) is 8.75. The van der Waals surface area contributed by atoms with Gasteiger partial charge in [-0.05, 0) is 55.8 Å². The third-order valence-electron chi connectivity index (χ3n) is 4.13. The van der Waals surface area contributed by atoms with E-state index in [9.17, 15) is 18.0 Å². The number of hydrogen-bond donors (Lipinski definition) is 1. The Labute approximate surface area is 170 Å². The van der Waals surface area contributed by atoms with Crippen molar-refractivity contribution in [3.8, 4) is 5.75 Å². The summed E-state index contributed by atoms with van der Waals surface area (Å²) >= 11 is 0. The maximum absolute atomic E-state index is 12.8. The summed E-state index contributed by atoms with van der Waals surface area (Å²) in [4.78, 5) is 25.5. The van der Waals surface area contributed by atoms with Crippen LogP contribution in [-0.2, 0) is 19.6 Å². The van der Waals surface area contributed by atoms with Crippen molar-refractivity contribution in [1.29, 1.82) is 0 Å². The largest absolute Gasteiger partial charge is 0.497 e. The number of carbonyl (C=O) groups is 2. The number of aryl methyl sites for hydroxylation is 1. The molecule has 0 radical (unpaired) electrons. The van der Waals surface area contributed by atoms with Crippen LogP contribution in [0.2, 0.25) is 0 Å². The number of carbonyl (C=O) groups excluding carboxylic acids is 2. The van der Waals surface area contributed by atoms with E-state index in [1.807, 2.05) is 0 Å². The molecule has 2 aromatic rings. The van der Waals surface area contributed by atoms with E-state index >= 15 is 0 Å². The SMILES string of the molecule is COc1ccc(NS(=O)(=O)c2cc(C(=O)O[C@@H](C)C(=O)N(C)C)ccc2C)cc1. The fraction of sp³-hybridized carbons (Fsp3) is 0.300. The molecule has 1 atom stereocenters. The second kappa shape index (κ2) is 8.95. The van der Waals surface area contributed by atoms with Gasteiger partial charge in [-0.15, -0.1) is 0 Å². The summed E-state index contributed by atoms with van der Waals surface area (Å²) in [6, 6.07) is 10.6. The monoisotopic (exact) mass is 420 g/mol. The molecule has 0 saturated carbocycles. The molecule has 0 fully saturated rings. The Kier molecular flexibility index (Phi) is 6.86. The zero-order chi connectivity index (χ0) is 21.8. The van der Waals surface area contributed by atoms with E-state index in [4.69, 9.17) is 9.47 Å². The quantitative estimate of drug-likeness (QED) is 0.691. The van der Waals surface area contributed by atoms with Gasteiger partial charge in [0.1, 0.15) is 5.75 Å². The first-order valence-corrected chi connectivity index (χ1v) is 10.2. The van der Waals surface area contributed by atoms with E-state index in [0.717, 1.165) is 0 Å². The Morgan fingerprint density at radius 2 is 1.69 bits per heavy atom. The first-order chi connectivity index (χ1) is 13.5. The van der Waals surface area contributed by atoms with Crippen LogP contribution in [0.1, 0.15) is 22.8 Å². The Balaban J connectivity index is 2.26. The average molecular weight is 420 g/mol. The van der Waals surface area contributed by atoms with Crippen molar-refractivity contribution < 1.29 is 27.5 Å². The van der Waals surface area contributed by atoms with Gasteiger partial charge in [0.25, 0.3) is 15.9 Å². The van der Waals surface area contributed by atoms with Crippen molar-refractivity contribution in [3.63, 3.8) is 0 Å². The molecule has 1 amide bonds. The van der Waals surface area contributed by atoms with Gasteiger partial charge < -0.3 is 14.4 Å². The lowest BCUT2D eigenvalue weighted by molar-refractivity contribution is -0.137. The highest BCUT2D eigenvalue weighted by Gasteiger charge is 2.23. The number of nitrogens with one attached hydrogen (secondary N) is 1. The summed E-state index contributed by atoms with van der Waals surface area (Å²) in [5.41, 5.74) is 0.840. The minimum absolute atomic E-state index is 0.0316. The summed E-state index contributed by atoms with van der Waals surface area (Å²) in [5.74, 6) is -0.566. The smallest absolute Gasteiger partial charge is 0.338 e. The number of hydrogen-bond acceptors (Lipinski definition) is 6. The number of esters is 1. The lowest BCUT2D eigenvalue weighted by Gasteiger charge is -2.17. The van der Waals surface area contributed by atoms with E-state index in [-0.39, 0.29) is 16.4 Å². The molecule has 1 N–H and O–H groups in total. The Hall–Kier alpha value is -3.07. The molecule has 0 heterocycles. The molecule has 0 bridgehead atoms. The fourth-order valence-electron chi connectivity index (χ4n) is 2.53. The van der Waals surface area contributed by atoms with Crippen LogP contribution in [-0.4, -0.2) is 52.5 Å². The highest BCUT2D eigenvalue weighted by molar-refractivity contribution is 7.92. The lowest BCUT2D eigenvalue weighted by Crippen LogP contribution is -2.34. The van der Waals surface area contributed by atoms with E-state index < -0.39 is 22.1 Å². The molecule has 2 aromatic carbocycles. The number of nitrogens with zero attached hydrogens (tertiary/aromatic N) is 1. The number of methoxy groups -OCH3 is 1. The number of likely N-dealkylation sites (N-methyl/N-ethyl adjacent to an activating group) is 1. The minimum Gasteiger partial charge on any atom is -0.497 e. The molecule has 0 aliphatic carbocycles. The molecule has 2 rings (SSSR count). The number of anilines is 1. The second-order valence-electron chi connectivity index (χ2n) is 6.59. The van der Waals surface area contributed by atoms with E-state index in [1.165, 1.54) is 37.1 Å². The summed E-state index contributed by atoms with van der Waals surface area (Å²) in [6.07, 6.45) is -0.990. The summed E-state index contributed by atoms with van der Waals surface area (Å²) < 4.78 is 38.3. The van der Waals surface area contributed by atoms with Crippen molar-refractivity contribution in [2.45, 2.75) is 24.8 Å². The first kappa shape index (κ1) is 22.2. The van der Waals surface area contributed by atoms with Crippen LogP contribution in [0.3, 0.4) is 0 Å². The molecular formula is C20H24N2O6S. The number of benzene rings is 2. The number of sulfonamides is 1. The Bertz CT molecular complexity index is 1000. The Morgan fingerprint density at radius 3 is 2.24 bits per heavy atom. The molecule has 156 valence electrons. The normalized spacial score (nSPS) is 12.0. The topological polar surface area (TPSA) is 102 Å². The molecule has 29 heavy (non-hydrogen) atoms. The van der Waals surface area contributed by atoms with E-state index in [0.29, 0.717) is 17.0 Å². The van der Waals surface area contributed by atoms with Crippen molar-refractivity contribution >= 4 is 27.6 Å². The van der Waals surface area contributed by atoms with Gasteiger partial charge in [-0.1, -0.05) is 6.07 Å².